The van der Waals surface area contributed by atoms with Gasteiger partial charge in [0, 0.05) is 67.9 Å². The van der Waals surface area contributed by atoms with Crippen molar-refractivity contribution in [2.75, 3.05) is 45.4 Å². The first-order valence-electron chi connectivity index (χ1n) is 18.1. The number of hydrogen-bond donors (Lipinski definition) is 0. The highest BCUT2D eigenvalue weighted by atomic mass is 16.6. The molecule has 0 N–H and O–H groups in total. The molecule has 3 aromatic rings. The predicted octanol–water partition coefficient (Wildman–Crippen LogP) is 6.91. The summed E-state index contributed by atoms with van der Waals surface area (Å²) in [4.78, 5) is 45.1. The van der Waals surface area contributed by atoms with Crippen molar-refractivity contribution in [3.63, 3.8) is 0 Å². The van der Waals surface area contributed by atoms with E-state index in [1.807, 2.05) is 30.0 Å². The fourth-order valence-corrected chi connectivity index (χ4v) is 7.79. The molecule has 0 atom stereocenters. The largest absolute Gasteiger partial charge is 0.495 e. The molecule has 0 unspecified atom stereocenters. The van der Waals surface area contributed by atoms with Crippen molar-refractivity contribution in [1.29, 1.82) is 0 Å². The Labute approximate surface area is 288 Å². The number of aryl methyl sites for hydroxylation is 1. The van der Waals surface area contributed by atoms with Gasteiger partial charge in [0.25, 0.3) is 0 Å². The number of oxazole rings is 1. The van der Waals surface area contributed by atoms with Gasteiger partial charge in [-0.1, -0.05) is 0 Å². The molecule has 4 fully saturated rings. The summed E-state index contributed by atoms with van der Waals surface area (Å²) in [5.74, 6) is 3.79. The monoisotopic (exact) mass is 671 g/mol. The summed E-state index contributed by atoms with van der Waals surface area (Å²) < 4.78 is 22.3. The van der Waals surface area contributed by atoms with E-state index in [9.17, 15) is 9.59 Å². The van der Waals surface area contributed by atoms with E-state index in [4.69, 9.17) is 33.6 Å². The van der Waals surface area contributed by atoms with E-state index < -0.39 is 0 Å². The molecule has 7 rings (SSSR count). The number of anilines is 1. The van der Waals surface area contributed by atoms with Crippen LogP contribution in [0.15, 0.2) is 41.1 Å². The maximum Gasteiger partial charge on any atom is 0.410 e. The number of rotatable bonds is 11. The van der Waals surface area contributed by atoms with Gasteiger partial charge in [-0.05, 0) is 101 Å². The number of carbonyl (C=O) groups is 2. The van der Waals surface area contributed by atoms with Gasteiger partial charge < -0.3 is 23.5 Å². The lowest BCUT2D eigenvalue weighted by molar-refractivity contribution is -0.124. The lowest BCUT2D eigenvalue weighted by Gasteiger charge is -2.39. The molecule has 49 heavy (non-hydrogen) atoms. The number of ether oxygens (including phenoxy) is 3. The van der Waals surface area contributed by atoms with Crippen LogP contribution < -0.4 is 9.64 Å². The molecule has 0 aromatic carbocycles. The Morgan fingerprint density at radius 1 is 0.918 bits per heavy atom. The van der Waals surface area contributed by atoms with E-state index in [2.05, 4.69) is 6.07 Å². The van der Waals surface area contributed by atoms with Crippen LogP contribution in [0.25, 0.3) is 11.3 Å². The number of aromatic nitrogens is 3. The molecule has 4 heterocycles. The van der Waals surface area contributed by atoms with Crippen molar-refractivity contribution < 1.29 is 28.2 Å². The maximum absolute atomic E-state index is 14.4. The Balaban J connectivity index is 1.02. The Kier molecular flexibility index (Phi) is 10.2. The number of hydrogen-bond acceptors (Lipinski definition) is 9. The molecule has 262 valence electrons. The van der Waals surface area contributed by atoms with E-state index in [-0.39, 0.29) is 24.0 Å². The molecule has 1 aliphatic heterocycles. The van der Waals surface area contributed by atoms with Gasteiger partial charge in [0.05, 0.1) is 19.4 Å². The molecule has 2 amide bonds. The van der Waals surface area contributed by atoms with Crippen LogP contribution >= 0.6 is 0 Å². The Bertz CT molecular complexity index is 1600. The number of nitrogens with zero attached hydrogens (tertiary/aromatic N) is 5. The minimum Gasteiger partial charge on any atom is -0.495 e. The maximum atomic E-state index is 14.4. The third-order valence-corrected chi connectivity index (χ3v) is 10.9. The quantitative estimate of drug-likeness (QED) is 0.214. The van der Waals surface area contributed by atoms with Gasteiger partial charge in [-0.3, -0.25) is 14.7 Å². The average Bonchev–Trinajstić information content (AvgIpc) is 3.84. The fourth-order valence-electron chi connectivity index (χ4n) is 7.79. The highest BCUT2D eigenvalue weighted by Crippen LogP contribution is 2.41. The van der Waals surface area contributed by atoms with Crippen molar-refractivity contribution in [1.82, 2.24) is 19.9 Å². The van der Waals surface area contributed by atoms with Crippen LogP contribution in [0.1, 0.15) is 93.3 Å². The van der Waals surface area contributed by atoms with Crippen molar-refractivity contribution >= 4 is 17.8 Å². The summed E-state index contributed by atoms with van der Waals surface area (Å²) >= 11 is 0. The van der Waals surface area contributed by atoms with E-state index in [0.29, 0.717) is 81.4 Å². The standard InChI is InChI=1S/C38H49N5O6/c1-24-34(47-3)15-14-32(40-24)27-6-4-25(5-7-27)21-43(35-18-30(16-17-39-35)33-23-48-36(41-33)28-8-9-28)37(44)29-10-12-31(13-11-29)49-38(45)42-19-26(20-42)22-46-2/h14-18,23,25-29,31H,4-13,19-22H2,1-3H3/t25-,27-,29-,31-. The zero-order valence-electron chi connectivity index (χ0n) is 29.0. The number of carbonyl (C=O) groups excluding carboxylic acids is 2. The lowest BCUT2D eigenvalue weighted by atomic mass is 9.79. The first-order chi connectivity index (χ1) is 23.9. The molecule has 11 nitrogen and oxygen atoms in total. The highest BCUT2D eigenvalue weighted by Gasteiger charge is 2.37. The normalized spacial score (nSPS) is 24.3. The molecule has 3 saturated carbocycles. The SMILES string of the molecule is COCC1CN(C(=O)O[C@H]2CC[C@H](C(=O)N(C[C@H]3CC[C@H](c4ccc(OC)c(C)n4)CC3)c3cc(-c4coc(C5CC5)n4)ccn3)CC2)C1. The summed E-state index contributed by atoms with van der Waals surface area (Å²) in [5, 5.41) is 0. The topological polar surface area (TPSA) is 120 Å². The van der Waals surface area contributed by atoms with Crippen LogP contribution in [0.5, 0.6) is 5.75 Å². The second-order valence-corrected chi connectivity index (χ2v) is 14.5. The van der Waals surface area contributed by atoms with Crippen molar-refractivity contribution in [3.05, 3.63) is 54.0 Å². The van der Waals surface area contributed by atoms with Crippen LogP contribution in [0.2, 0.25) is 0 Å². The minimum absolute atomic E-state index is 0.105. The van der Waals surface area contributed by atoms with E-state index in [1.54, 1.807) is 31.6 Å². The van der Waals surface area contributed by atoms with Gasteiger partial charge in [-0.15, -0.1) is 0 Å². The molecule has 3 aliphatic carbocycles. The number of methoxy groups -OCH3 is 2. The van der Waals surface area contributed by atoms with E-state index in [1.165, 1.54) is 0 Å². The first-order valence-corrected chi connectivity index (χ1v) is 18.1. The van der Waals surface area contributed by atoms with Crippen LogP contribution in [-0.2, 0) is 14.3 Å². The molecular weight excluding hydrogens is 622 g/mol. The van der Waals surface area contributed by atoms with Crippen molar-refractivity contribution in [3.8, 4) is 17.0 Å². The molecule has 0 spiro atoms. The van der Waals surface area contributed by atoms with Crippen molar-refractivity contribution in [2.24, 2.45) is 17.8 Å². The molecule has 0 bridgehead atoms. The van der Waals surface area contributed by atoms with Gasteiger partial charge >= 0.3 is 6.09 Å². The molecule has 4 aliphatic rings. The summed E-state index contributed by atoms with van der Waals surface area (Å²) in [5.41, 5.74) is 3.72. The van der Waals surface area contributed by atoms with Gasteiger partial charge in [-0.2, -0.15) is 0 Å². The van der Waals surface area contributed by atoms with Crippen LogP contribution in [0.3, 0.4) is 0 Å². The third kappa shape index (κ3) is 7.77. The molecule has 3 aromatic heterocycles. The molecule has 0 radical (unpaired) electrons. The minimum atomic E-state index is -0.252. The molecule has 1 saturated heterocycles. The van der Waals surface area contributed by atoms with Gasteiger partial charge in [-0.25, -0.2) is 14.8 Å². The van der Waals surface area contributed by atoms with Crippen LogP contribution in [0, 0.1) is 24.7 Å². The molecular formula is C38H49N5O6. The zero-order chi connectivity index (χ0) is 33.9. The number of likely N-dealkylation sites (tertiary alicyclic amines) is 1. The van der Waals surface area contributed by atoms with E-state index in [0.717, 1.165) is 72.8 Å². The summed E-state index contributed by atoms with van der Waals surface area (Å²) in [6.07, 6.45) is 12.1. The lowest BCUT2D eigenvalue weighted by Crippen LogP contribution is -2.52. The highest BCUT2D eigenvalue weighted by molar-refractivity contribution is 5.94. The van der Waals surface area contributed by atoms with Crippen molar-refractivity contribution in [2.45, 2.75) is 89.1 Å². The zero-order valence-corrected chi connectivity index (χ0v) is 29.0. The number of amides is 2. The fraction of sp³-hybridized carbons (Fsp3) is 0.605. The third-order valence-electron chi connectivity index (χ3n) is 10.9. The Morgan fingerprint density at radius 2 is 1.67 bits per heavy atom. The van der Waals surface area contributed by atoms with Gasteiger partial charge in [0.15, 0.2) is 5.89 Å². The Morgan fingerprint density at radius 3 is 2.37 bits per heavy atom. The van der Waals surface area contributed by atoms with E-state index >= 15 is 0 Å². The van der Waals surface area contributed by atoms with Crippen LogP contribution in [0.4, 0.5) is 10.6 Å². The Hall–Kier alpha value is -3.99. The predicted molar refractivity (Wildman–Crippen MR) is 183 cm³/mol. The summed E-state index contributed by atoms with van der Waals surface area (Å²) in [6.45, 7) is 4.63. The second-order valence-electron chi connectivity index (χ2n) is 14.5. The molecule has 11 heteroatoms. The number of pyridine rings is 2. The van der Waals surface area contributed by atoms with Crippen LogP contribution in [-0.4, -0.2) is 78.4 Å². The summed E-state index contributed by atoms with van der Waals surface area (Å²) in [7, 11) is 3.36. The van der Waals surface area contributed by atoms with Gasteiger partial charge in [0.1, 0.15) is 29.6 Å². The smallest absolute Gasteiger partial charge is 0.410 e. The average molecular weight is 672 g/mol. The summed E-state index contributed by atoms with van der Waals surface area (Å²) in [6, 6.07) is 8.03. The second kappa shape index (κ2) is 14.9. The van der Waals surface area contributed by atoms with Gasteiger partial charge in [0.2, 0.25) is 5.91 Å². The first kappa shape index (κ1) is 33.5.